The quantitative estimate of drug-likeness (QED) is 0.561. The number of carbonyl (C=O) groups excluding carboxylic acids is 1. The van der Waals surface area contributed by atoms with E-state index in [2.05, 4.69) is 28.0 Å². The van der Waals surface area contributed by atoms with Crippen molar-refractivity contribution in [3.63, 3.8) is 0 Å². The highest BCUT2D eigenvalue weighted by Crippen LogP contribution is 2.13. The summed E-state index contributed by atoms with van der Waals surface area (Å²) < 4.78 is 34.0. The van der Waals surface area contributed by atoms with Crippen molar-refractivity contribution in [1.82, 2.24) is 5.32 Å². The Morgan fingerprint density at radius 3 is 2.42 bits per heavy atom. The number of methoxy groups -OCH3 is 1. The van der Waals surface area contributed by atoms with E-state index in [-0.39, 0.29) is 31.5 Å². The standard InChI is InChI=1S/C24H24FNO5/c1-3-15-30-23(18-31-22-11-7-20(25)8-12-22)24(27)26-14-13-19-5-9-21(10-6-19)29-17-4-16-28-2/h1,5-12,23H,13-15,17-18H2,2H3,(H,26,27). The number of ether oxygens (including phenoxy) is 4. The van der Waals surface area contributed by atoms with E-state index in [4.69, 9.17) is 20.6 Å². The lowest BCUT2D eigenvalue weighted by Crippen LogP contribution is -2.41. The van der Waals surface area contributed by atoms with Crippen LogP contribution in [0.3, 0.4) is 0 Å². The molecule has 2 rings (SSSR count). The van der Waals surface area contributed by atoms with E-state index in [0.717, 1.165) is 5.56 Å². The van der Waals surface area contributed by atoms with Crippen LogP contribution < -0.4 is 14.8 Å². The Labute approximate surface area is 181 Å². The lowest BCUT2D eigenvalue weighted by atomic mass is 10.1. The molecule has 1 atom stereocenters. The fourth-order valence-corrected chi connectivity index (χ4v) is 2.47. The van der Waals surface area contributed by atoms with E-state index < -0.39 is 6.10 Å². The van der Waals surface area contributed by atoms with Gasteiger partial charge in [-0.1, -0.05) is 18.1 Å². The van der Waals surface area contributed by atoms with Gasteiger partial charge >= 0.3 is 0 Å². The van der Waals surface area contributed by atoms with Crippen molar-refractivity contribution < 1.29 is 28.1 Å². The number of amides is 1. The molecule has 2 aromatic rings. The molecule has 0 saturated carbocycles. The van der Waals surface area contributed by atoms with Gasteiger partial charge in [0.1, 0.15) is 36.6 Å². The van der Waals surface area contributed by atoms with Gasteiger partial charge in [0, 0.05) is 6.54 Å². The summed E-state index contributed by atoms with van der Waals surface area (Å²) in [4.78, 5) is 12.5. The number of carbonyl (C=O) groups is 1. The molecule has 162 valence electrons. The minimum absolute atomic E-state index is 0.0267. The van der Waals surface area contributed by atoms with Crippen molar-refractivity contribution in [2.45, 2.75) is 12.5 Å². The first-order valence-electron chi connectivity index (χ1n) is 9.56. The first kappa shape index (κ1) is 23.6. The predicted octanol–water partition coefficient (Wildman–Crippen LogP) is 2.57. The van der Waals surface area contributed by atoms with Gasteiger partial charge in [0.25, 0.3) is 5.91 Å². The number of terminal acetylenes is 1. The third-order valence-corrected chi connectivity index (χ3v) is 4.00. The molecule has 1 N–H and O–H groups in total. The Morgan fingerprint density at radius 1 is 1.06 bits per heavy atom. The molecule has 0 spiro atoms. The van der Waals surface area contributed by atoms with Crippen LogP contribution in [-0.4, -0.2) is 45.5 Å². The summed E-state index contributed by atoms with van der Waals surface area (Å²) >= 11 is 0. The molecule has 0 fully saturated rings. The topological polar surface area (TPSA) is 66.0 Å². The van der Waals surface area contributed by atoms with Crippen LogP contribution in [0.25, 0.3) is 0 Å². The minimum Gasteiger partial charge on any atom is -0.490 e. The van der Waals surface area contributed by atoms with E-state index in [0.29, 0.717) is 24.5 Å². The Bertz CT molecular complexity index is 910. The molecular weight excluding hydrogens is 401 g/mol. The van der Waals surface area contributed by atoms with E-state index in [9.17, 15) is 9.18 Å². The third-order valence-electron chi connectivity index (χ3n) is 4.00. The second-order valence-electron chi connectivity index (χ2n) is 6.23. The zero-order valence-corrected chi connectivity index (χ0v) is 17.2. The highest BCUT2D eigenvalue weighted by atomic mass is 19.1. The number of nitrogens with one attached hydrogen (secondary N) is 1. The molecule has 31 heavy (non-hydrogen) atoms. The number of hydrogen-bond acceptors (Lipinski definition) is 5. The average molecular weight is 425 g/mol. The van der Waals surface area contributed by atoms with Gasteiger partial charge < -0.3 is 24.3 Å². The van der Waals surface area contributed by atoms with E-state index >= 15 is 0 Å². The van der Waals surface area contributed by atoms with E-state index in [1.807, 2.05) is 24.3 Å². The highest BCUT2D eigenvalue weighted by molar-refractivity contribution is 5.81. The summed E-state index contributed by atoms with van der Waals surface area (Å²) in [5, 5.41) is 2.81. The lowest BCUT2D eigenvalue weighted by molar-refractivity contribution is -0.133. The third kappa shape index (κ3) is 9.12. The minimum atomic E-state index is -0.884. The predicted molar refractivity (Wildman–Crippen MR) is 114 cm³/mol. The molecule has 0 aliphatic carbocycles. The molecule has 0 aliphatic heterocycles. The fourth-order valence-electron chi connectivity index (χ4n) is 2.47. The zero-order chi connectivity index (χ0) is 22.3. The molecule has 0 aliphatic rings. The zero-order valence-electron chi connectivity index (χ0n) is 17.2. The van der Waals surface area contributed by atoms with Crippen molar-refractivity contribution in [3.05, 3.63) is 59.9 Å². The van der Waals surface area contributed by atoms with Gasteiger partial charge in [-0.25, -0.2) is 4.39 Å². The SMILES string of the molecule is C#CCOC(COc1ccc(F)cc1)C(=O)NCCc1ccc(OCC#COC)cc1. The van der Waals surface area contributed by atoms with Crippen LogP contribution in [0.15, 0.2) is 48.5 Å². The second-order valence-corrected chi connectivity index (χ2v) is 6.23. The largest absolute Gasteiger partial charge is 0.490 e. The normalized spacial score (nSPS) is 10.7. The first-order chi connectivity index (χ1) is 15.1. The summed E-state index contributed by atoms with van der Waals surface area (Å²) in [6.45, 7) is 0.575. The van der Waals surface area contributed by atoms with Gasteiger partial charge in [0.2, 0.25) is 0 Å². The molecule has 0 aromatic heterocycles. The summed E-state index contributed by atoms with van der Waals surface area (Å²) in [7, 11) is 1.49. The van der Waals surface area contributed by atoms with Crippen LogP contribution in [-0.2, 0) is 20.7 Å². The van der Waals surface area contributed by atoms with Crippen molar-refractivity contribution in [3.8, 4) is 35.9 Å². The molecule has 2 aromatic carbocycles. The molecule has 7 heteroatoms. The second kappa shape index (κ2) is 13.5. The molecule has 1 unspecified atom stereocenters. The van der Waals surface area contributed by atoms with E-state index in [1.165, 1.54) is 31.4 Å². The highest BCUT2D eigenvalue weighted by Gasteiger charge is 2.19. The van der Waals surface area contributed by atoms with Gasteiger partial charge in [0.15, 0.2) is 12.7 Å². The van der Waals surface area contributed by atoms with Crippen LogP contribution in [0.5, 0.6) is 11.5 Å². The summed E-state index contributed by atoms with van der Waals surface area (Å²) in [6.07, 6.45) is 7.41. The molecule has 0 saturated heterocycles. The Balaban J connectivity index is 1.79. The Morgan fingerprint density at radius 2 is 1.74 bits per heavy atom. The summed E-state index contributed by atoms with van der Waals surface area (Å²) in [5.41, 5.74) is 1.03. The maximum Gasteiger partial charge on any atom is 0.252 e. The average Bonchev–Trinajstić information content (AvgIpc) is 2.79. The number of halogens is 1. The van der Waals surface area contributed by atoms with Gasteiger partial charge in [0.05, 0.1) is 7.11 Å². The number of rotatable bonds is 11. The van der Waals surface area contributed by atoms with Crippen molar-refractivity contribution in [2.75, 3.05) is 33.5 Å². The Kier molecular flexibility index (Phi) is 10.3. The number of benzene rings is 2. The van der Waals surface area contributed by atoms with Crippen LogP contribution in [0, 0.1) is 30.2 Å². The first-order valence-corrected chi connectivity index (χ1v) is 9.56. The van der Waals surface area contributed by atoms with Crippen molar-refractivity contribution in [1.29, 1.82) is 0 Å². The molecule has 0 heterocycles. The Hall–Kier alpha value is -3.68. The van der Waals surface area contributed by atoms with Crippen LogP contribution >= 0.6 is 0 Å². The maximum atomic E-state index is 13.0. The summed E-state index contributed by atoms with van der Waals surface area (Å²) in [5.74, 6) is 5.45. The number of hydrogen-bond donors (Lipinski definition) is 1. The fraction of sp³-hybridized carbons (Fsp3) is 0.292. The monoisotopic (exact) mass is 425 g/mol. The molecule has 0 bridgehead atoms. The van der Waals surface area contributed by atoms with E-state index in [1.54, 1.807) is 0 Å². The van der Waals surface area contributed by atoms with Gasteiger partial charge in [-0.05, 0) is 54.3 Å². The molecular formula is C24H24FNO5. The van der Waals surface area contributed by atoms with Gasteiger partial charge in [-0.3, -0.25) is 4.79 Å². The van der Waals surface area contributed by atoms with Crippen molar-refractivity contribution >= 4 is 5.91 Å². The molecule has 1 amide bonds. The van der Waals surface area contributed by atoms with Crippen LogP contribution in [0.2, 0.25) is 0 Å². The van der Waals surface area contributed by atoms with Gasteiger partial charge in [-0.15, -0.1) is 6.42 Å². The van der Waals surface area contributed by atoms with Crippen LogP contribution in [0.4, 0.5) is 4.39 Å². The lowest BCUT2D eigenvalue weighted by Gasteiger charge is -2.17. The van der Waals surface area contributed by atoms with Gasteiger partial charge in [-0.2, -0.15) is 0 Å². The maximum absolute atomic E-state index is 13.0. The molecule has 0 radical (unpaired) electrons. The smallest absolute Gasteiger partial charge is 0.252 e. The molecule has 6 nitrogen and oxygen atoms in total. The summed E-state index contributed by atoms with van der Waals surface area (Å²) in [6, 6.07) is 13.0. The van der Waals surface area contributed by atoms with Crippen LogP contribution in [0.1, 0.15) is 5.56 Å². The van der Waals surface area contributed by atoms with Crippen molar-refractivity contribution in [2.24, 2.45) is 0 Å².